The standard InChI is InChI=1S/C11H15N3O/c1-8-6-14(7-10(8)12)11(15)9-3-2-4-13-5-9/h2-5,8,10H,6-7,12H2,1H3. The van der Waals surface area contributed by atoms with Crippen molar-refractivity contribution in [3.8, 4) is 0 Å². The van der Waals surface area contributed by atoms with Crippen LogP contribution in [0.25, 0.3) is 0 Å². The molecule has 1 aliphatic heterocycles. The molecule has 1 fully saturated rings. The molecule has 2 heterocycles. The van der Waals surface area contributed by atoms with Gasteiger partial charge in [0.1, 0.15) is 0 Å². The van der Waals surface area contributed by atoms with E-state index < -0.39 is 0 Å². The average Bonchev–Trinajstić information content (AvgIpc) is 2.59. The number of likely N-dealkylation sites (tertiary alicyclic amines) is 1. The Kier molecular flexibility index (Phi) is 2.68. The molecule has 2 unspecified atom stereocenters. The molecular weight excluding hydrogens is 190 g/mol. The Morgan fingerprint density at radius 1 is 1.60 bits per heavy atom. The van der Waals surface area contributed by atoms with E-state index in [1.165, 1.54) is 0 Å². The summed E-state index contributed by atoms with van der Waals surface area (Å²) >= 11 is 0. The van der Waals surface area contributed by atoms with Crippen LogP contribution in [0.3, 0.4) is 0 Å². The van der Waals surface area contributed by atoms with Gasteiger partial charge >= 0.3 is 0 Å². The van der Waals surface area contributed by atoms with Gasteiger partial charge in [0.2, 0.25) is 0 Å². The number of hydrogen-bond donors (Lipinski definition) is 1. The summed E-state index contributed by atoms with van der Waals surface area (Å²) in [7, 11) is 0. The van der Waals surface area contributed by atoms with Gasteiger partial charge in [0, 0.05) is 31.5 Å². The summed E-state index contributed by atoms with van der Waals surface area (Å²) in [4.78, 5) is 17.7. The minimum Gasteiger partial charge on any atom is -0.337 e. The Labute approximate surface area is 89.1 Å². The summed E-state index contributed by atoms with van der Waals surface area (Å²) < 4.78 is 0. The Hall–Kier alpha value is -1.42. The Morgan fingerprint density at radius 3 is 2.93 bits per heavy atom. The molecule has 0 aliphatic carbocycles. The smallest absolute Gasteiger partial charge is 0.255 e. The highest BCUT2D eigenvalue weighted by atomic mass is 16.2. The van der Waals surface area contributed by atoms with Gasteiger partial charge < -0.3 is 10.6 Å². The number of pyridine rings is 1. The highest BCUT2D eigenvalue weighted by molar-refractivity contribution is 5.94. The van der Waals surface area contributed by atoms with Crippen molar-refractivity contribution in [3.05, 3.63) is 30.1 Å². The lowest BCUT2D eigenvalue weighted by molar-refractivity contribution is 0.0786. The van der Waals surface area contributed by atoms with Gasteiger partial charge in [-0.2, -0.15) is 0 Å². The fourth-order valence-corrected chi connectivity index (χ4v) is 1.83. The predicted molar refractivity (Wildman–Crippen MR) is 57.3 cm³/mol. The molecular formula is C11H15N3O. The zero-order valence-electron chi connectivity index (χ0n) is 8.76. The quantitative estimate of drug-likeness (QED) is 0.726. The molecule has 2 atom stereocenters. The number of aromatic nitrogens is 1. The highest BCUT2D eigenvalue weighted by Crippen LogP contribution is 2.16. The van der Waals surface area contributed by atoms with E-state index in [-0.39, 0.29) is 11.9 Å². The largest absolute Gasteiger partial charge is 0.337 e. The first-order valence-electron chi connectivity index (χ1n) is 5.13. The van der Waals surface area contributed by atoms with E-state index >= 15 is 0 Å². The average molecular weight is 205 g/mol. The van der Waals surface area contributed by atoms with Crippen LogP contribution in [-0.4, -0.2) is 34.9 Å². The summed E-state index contributed by atoms with van der Waals surface area (Å²) in [5, 5.41) is 0. The van der Waals surface area contributed by atoms with E-state index in [9.17, 15) is 4.79 Å². The highest BCUT2D eigenvalue weighted by Gasteiger charge is 2.30. The zero-order chi connectivity index (χ0) is 10.8. The van der Waals surface area contributed by atoms with Gasteiger partial charge in [0.05, 0.1) is 5.56 Å². The molecule has 1 aromatic heterocycles. The van der Waals surface area contributed by atoms with Crippen LogP contribution < -0.4 is 5.73 Å². The molecule has 0 radical (unpaired) electrons. The van der Waals surface area contributed by atoms with Crippen molar-refractivity contribution in [1.82, 2.24) is 9.88 Å². The number of rotatable bonds is 1. The summed E-state index contributed by atoms with van der Waals surface area (Å²) in [5.74, 6) is 0.411. The lowest BCUT2D eigenvalue weighted by Gasteiger charge is -2.15. The maximum Gasteiger partial charge on any atom is 0.255 e. The van der Waals surface area contributed by atoms with Gasteiger partial charge in [-0.25, -0.2) is 0 Å². The van der Waals surface area contributed by atoms with Gasteiger partial charge in [0.15, 0.2) is 0 Å². The topological polar surface area (TPSA) is 59.2 Å². The third kappa shape index (κ3) is 1.99. The molecule has 1 amide bonds. The minimum atomic E-state index is 0.0305. The van der Waals surface area contributed by atoms with Crippen LogP contribution in [0.5, 0.6) is 0 Å². The zero-order valence-corrected chi connectivity index (χ0v) is 8.76. The molecule has 2 N–H and O–H groups in total. The Balaban J connectivity index is 2.10. The molecule has 15 heavy (non-hydrogen) atoms. The molecule has 1 aromatic rings. The van der Waals surface area contributed by atoms with Crippen molar-refractivity contribution in [2.24, 2.45) is 11.7 Å². The van der Waals surface area contributed by atoms with E-state index in [4.69, 9.17) is 5.73 Å². The lowest BCUT2D eigenvalue weighted by Crippen LogP contribution is -2.32. The van der Waals surface area contributed by atoms with Crippen LogP contribution in [0.2, 0.25) is 0 Å². The van der Waals surface area contributed by atoms with Crippen molar-refractivity contribution < 1.29 is 4.79 Å². The van der Waals surface area contributed by atoms with E-state index in [1.54, 1.807) is 29.4 Å². The van der Waals surface area contributed by atoms with Crippen LogP contribution in [-0.2, 0) is 0 Å². The molecule has 0 saturated carbocycles. The normalized spacial score (nSPS) is 25.6. The van der Waals surface area contributed by atoms with Crippen molar-refractivity contribution in [2.45, 2.75) is 13.0 Å². The van der Waals surface area contributed by atoms with Crippen LogP contribution in [0.4, 0.5) is 0 Å². The summed E-state index contributed by atoms with van der Waals surface area (Å²) in [5.41, 5.74) is 6.51. The SMILES string of the molecule is CC1CN(C(=O)c2cccnc2)CC1N. The molecule has 1 aliphatic rings. The molecule has 80 valence electrons. The molecule has 4 nitrogen and oxygen atoms in total. The lowest BCUT2D eigenvalue weighted by atomic mass is 10.1. The second-order valence-corrected chi connectivity index (χ2v) is 4.09. The third-order valence-electron chi connectivity index (χ3n) is 2.87. The third-order valence-corrected chi connectivity index (χ3v) is 2.87. The van der Waals surface area contributed by atoms with E-state index in [1.807, 2.05) is 0 Å². The van der Waals surface area contributed by atoms with Crippen LogP contribution in [0.1, 0.15) is 17.3 Å². The number of amides is 1. The van der Waals surface area contributed by atoms with Crippen LogP contribution >= 0.6 is 0 Å². The van der Waals surface area contributed by atoms with Gasteiger partial charge in [0.25, 0.3) is 5.91 Å². The first kappa shape index (κ1) is 10.1. The maximum atomic E-state index is 12.0. The molecule has 0 aromatic carbocycles. The van der Waals surface area contributed by atoms with Crippen molar-refractivity contribution in [3.63, 3.8) is 0 Å². The summed E-state index contributed by atoms with van der Waals surface area (Å²) in [6.07, 6.45) is 3.26. The van der Waals surface area contributed by atoms with Crippen LogP contribution in [0.15, 0.2) is 24.5 Å². The number of nitrogens with two attached hydrogens (primary N) is 1. The van der Waals surface area contributed by atoms with Gasteiger partial charge in [-0.05, 0) is 18.1 Å². The monoisotopic (exact) mass is 205 g/mol. The fraction of sp³-hybridized carbons (Fsp3) is 0.455. The van der Waals surface area contributed by atoms with Crippen molar-refractivity contribution in [2.75, 3.05) is 13.1 Å². The van der Waals surface area contributed by atoms with E-state index in [0.717, 1.165) is 6.54 Å². The van der Waals surface area contributed by atoms with Crippen molar-refractivity contribution in [1.29, 1.82) is 0 Å². The second-order valence-electron chi connectivity index (χ2n) is 4.09. The maximum absolute atomic E-state index is 12.0. The Morgan fingerprint density at radius 2 is 2.40 bits per heavy atom. The number of carbonyl (C=O) groups excluding carboxylic acids is 1. The van der Waals surface area contributed by atoms with Gasteiger partial charge in [-0.15, -0.1) is 0 Å². The first-order chi connectivity index (χ1) is 7.18. The van der Waals surface area contributed by atoms with Gasteiger partial charge in [-0.1, -0.05) is 6.92 Å². The van der Waals surface area contributed by atoms with Crippen LogP contribution in [0, 0.1) is 5.92 Å². The number of carbonyl (C=O) groups is 1. The molecule has 2 rings (SSSR count). The summed E-state index contributed by atoms with van der Waals surface area (Å²) in [6.45, 7) is 3.46. The van der Waals surface area contributed by atoms with Crippen molar-refractivity contribution >= 4 is 5.91 Å². The number of hydrogen-bond acceptors (Lipinski definition) is 3. The predicted octanol–water partition coefficient (Wildman–Crippen LogP) is 0.501. The molecule has 0 bridgehead atoms. The first-order valence-corrected chi connectivity index (χ1v) is 5.13. The molecule has 0 spiro atoms. The van der Waals surface area contributed by atoms with E-state index in [2.05, 4.69) is 11.9 Å². The molecule has 4 heteroatoms. The second kappa shape index (κ2) is 3.98. The molecule has 1 saturated heterocycles. The van der Waals surface area contributed by atoms with E-state index in [0.29, 0.717) is 18.0 Å². The number of nitrogens with zero attached hydrogens (tertiary/aromatic N) is 2. The summed E-state index contributed by atoms with van der Waals surface area (Å²) in [6, 6.07) is 3.65. The Bertz CT molecular complexity index is 342. The minimum absolute atomic E-state index is 0.0305. The fourth-order valence-electron chi connectivity index (χ4n) is 1.83. The van der Waals surface area contributed by atoms with Gasteiger partial charge in [-0.3, -0.25) is 9.78 Å².